The number of hydrogen-bond donors (Lipinski definition) is 0. The van der Waals surface area contributed by atoms with Crippen molar-refractivity contribution in [1.29, 1.82) is 0 Å². The van der Waals surface area contributed by atoms with Gasteiger partial charge in [0.25, 0.3) is 0 Å². The van der Waals surface area contributed by atoms with Crippen molar-refractivity contribution in [2.75, 3.05) is 13.2 Å². The zero-order valence-corrected chi connectivity index (χ0v) is 9.81. The molecule has 0 spiro atoms. The Bertz CT molecular complexity index is 354. The summed E-state index contributed by atoms with van der Waals surface area (Å²) in [6.07, 6.45) is 3.53. The normalized spacial score (nSPS) is 10.6. The zero-order chi connectivity index (χ0) is 12.0. The van der Waals surface area contributed by atoms with Gasteiger partial charge < -0.3 is 14.9 Å². The molecule has 0 fully saturated rings. The third kappa shape index (κ3) is 3.79. The van der Waals surface area contributed by atoms with Gasteiger partial charge in [-0.15, -0.1) is 0 Å². The Morgan fingerprint density at radius 3 is 2.94 bits per heavy atom. The van der Waals surface area contributed by atoms with E-state index in [0.717, 1.165) is 12.8 Å². The first kappa shape index (κ1) is 12.9. The Kier molecular flexibility index (Phi) is 5.21. The number of unbranched alkanes of at least 4 members (excludes halogenated alkanes) is 1. The number of rotatable bonds is 7. The molecule has 0 aliphatic heterocycles. The number of hydrogen-bond acceptors (Lipinski definition) is 4. The van der Waals surface area contributed by atoms with E-state index in [0.29, 0.717) is 19.8 Å². The Morgan fingerprint density at radius 2 is 2.38 bits per heavy atom. The van der Waals surface area contributed by atoms with Gasteiger partial charge in [0.1, 0.15) is 0 Å². The Hall–Kier alpha value is -1.14. The first-order valence-corrected chi connectivity index (χ1v) is 5.48. The fourth-order valence-electron chi connectivity index (χ4n) is 1.13. The van der Waals surface area contributed by atoms with Gasteiger partial charge in [-0.2, -0.15) is 4.68 Å². The van der Waals surface area contributed by atoms with E-state index in [4.69, 9.17) is 16.3 Å². The summed E-state index contributed by atoms with van der Waals surface area (Å²) in [6.45, 7) is 3.74. The van der Waals surface area contributed by atoms with Crippen molar-refractivity contribution in [3.63, 3.8) is 0 Å². The molecular formula is C9H14ClN3O3. The second-order valence-corrected chi connectivity index (χ2v) is 3.69. The van der Waals surface area contributed by atoms with E-state index in [1.165, 1.54) is 10.9 Å². The second-order valence-electron chi connectivity index (χ2n) is 3.29. The van der Waals surface area contributed by atoms with Gasteiger partial charge >= 0.3 is 5.82 Å². The lowest BCUT2D eigenvalue weighted by atomic mass is 10.4. The molecule has 7 heteroatoms. The van der Waals surface area contributed by atoms with Gasteiger partial charge in [-0.25, -0.2) is 0 Å². The molecule has 0 amide bonds. The van der Waals surface area contributed by atoms with E-state index in [9.17, 15) is 10.1 Å². The molecule has 0 bridgehead atoms. The second kappa shape index (κ2) is 6.44. The first-order chi connectivity index (χ1) is 7.65. The molecule has 0 aliphatic carbocycles. The lowest BCUT2D eigenvalue weighted by Gasteiger charge is -2.00. The van der Waals surface area contributed by atoms with E-state index < -0.39 is 4.92 Å². The maximum absolute atomic E-state index is 10.5. The summed E-state index contributed by atoms with van der Waals surface area (Å²) in [5, 5.41) is 14.3. The third-order valence-corrected chi connectivity index (χ3v) is 2.25. The van der Waals surface area contributed by atoms with Crippen molar-refractivity contribution in [1.82, 2.24) is 9.78 Å². The summed E-state index contributed by atoms with van der Waals surface area (Å²) in [6, 6.07) is 0. The number of aromatic nitrogens is 2. The van der Waals surface area contributed by atoms with Crippen molar-refractivity contribution in [2.24, 2.45) is 0 Å². The van der Waals surface area contributed by atoms with Crippen LogP contribution in [0.1, 0.15) is 19.8 Å². The van der Waals surface area contributed by atoms with E-state index >= 15 is 0 Å². The van der Waals surface area contributed by atoms with E-state index in [1.807, 2.05) is 0 Å². The Labute approximate surface area is 98.3 Å². The van der Waals surface area contributed by atoms with Crippen LogP contribution in [-0.2, 0) is 11.3 Å². The SMILES string of the molecule is CCCCOCCn1cc(Cl)c([N+](=O)[O-])n1. The van der Waals surface area contributed by atoms with Crippen LogP contribution in [0.15, 0.2) is 6.20 Å². The van der Waals surface area contributed by atoms with Crippen molar-refractivity contribution >= 4 is 17.4 Å². The van der Waals surface area contributed by atoms with E-state index in [1.54, 1.807) is 0 Å². The lowest BCUT2D eigenvalue weighted by molar-refractivity contribution is -0.389. The molecule has 0 aromatic carbocycles. The smallest absolute Gasteiger partial charge is 0.379 e. The summed E-state index contributed by atoms with van der Waals surface area (Å²) in [5.74, 6) is -0.310. The molecule has 0 saturated carbocycles. The van der Waals surface area contributed by atoms with Crippen LogP contribution in [0.4, 0.5) is 5.82 Å². The molecule has 0 unspecified atom stereocenters. The highest BCUT2D eigenvalue weighted by atomic mass is 35.5. The van der Waals surface area contributed by atoms with Gasteiger partial charge in [0.05, 0.1) is 24.4 Å². The quantitative estimate of drug-likeness (QED) is 0.421. The molecule has 0 saturated heterocycles. The largest absolute Gasteiger partial charge is 0.408 e. The van der Waals surface area contributed by atoms with Crippen LogP contribution >= 0.6 is 11.6 Å². The van der Waals surface area contributed by atoms with Crippen molar-refractivity contribution < 1.29 is 9.66 Å². The van der Waals surface area contributed by atoms with Crippen LogP contribution in [0.2, 0.25) is 5.02 Å². The van der Waals surface area contributed by atoms with Gasteiger partial charge in [0.2, 0.25) is 0 Å². The molecule has 0 atom stereocenters. The van der Waals surface area contributed by atoms with Crippen molar-refractivity contribution in [2.45, 2.75) is 26.3 Å². The molecule has 6 nitrogen and oxygen atoms in total. The molecule has 0 radical (unpaired) electrons. The Morgan fingerprint density at radius 1 is 1.62 bits per heavy atom. The summed E-state index contributed by atoms with van der Waals surface area (Å²) in [7, 11) is 0. The van der Waals surface area contributed by atoms with Crippen molar-refractivity contribution in [3.05, 3.63) is 21.3 Å². The first-order valence-electron chi connectivity index (χ1n) is 5.10. The van der Waals surface area contributed by atoms with Crippen LogP contribution in [0, 0.1) is 10.1 Å². The van der Waals surface area contributed by atoms with Gasteiger partial charge in [0, 0.05) is 6.61 Å². The van der Waals surface area contributed by atoms with Gasteiger partial charge in [-0.3, -0.25) is 0 Å². The summed E-state index contributed by atoms with van der Waals surface area (Å²) >= 11 is 5.64. The highest BCUT2D eigenvalue weighted by Crippen LogP contribution is 2.20. The monoisotopic (exact) mass is 247 g/mol. The average molecular weight is 248 g/mol. The topological polar surface area (TPSA) is 70.2 Å². The molecule has 1 rings (SSSR count). The third-order valence-electron chi connectivity index (χ3n) is 1.98. The molecule has 0 N–H and O–H groups in total. The van der Waals surface area contributed by atoms with E-state index in [2.05, 4.69) is 12.0 Å². The minimum atomic E-state index is -0.600. The molecule has 90 valence electrons. The molecule has 16 heavy (non-hydrogen) atoms. The number of nitrogens with zero attached hydrogens (tertiary/aromatic N) is 3. The Balaban J connectivity index is 2.37. The van der Waals surface area contributed by atoms with Crippen LogP contribution in [0.25, 0.3) is 0 Å². The maximum Gasteiger partial charge on any atom is 0.408 e. The predicted octanol–water partition coefficient (Wildman–Crippen LogP) is 2.26. The van der Waals surface area contributed by atoms with Crippen LogP contribution in [0.3, 0.4) is 0 Å². The maximum atomic E-state index is 10.5. The van der Waals surface area contributed by atoms with Gasteiger partial charge in [-0.05, 0) is 11.3 Å². The minimum absolute atomic E-state index is 0.0542. The molecule has 1 aromatic rings. The zero-order valence-electron chi connectivity index (χ0n) is 9.06. The standard InChI is InChI=1S/C9H14ClN3O3/c1-2-3-5-16-6-4-12-7-8(10)9(11-12)13(14)15/h7H,2-6H2,1H3. The lowest BCUT2D eigenvalue weighted by Crippen LogP contribution is -2.07. The van der Waals surface area contributed by atoms with Gasteiger partial charge in [-0.1, -0.05) is 24.9 Å². The molecule has 0 aliphatic rings. The molecule has 1 aromatic heterocycles. The highest BCUT2D eigenvalue weighted by Gasteiger charge is 2.18. The van der Waals surface area contributed by atoms with Crippen molar-refractivity contribution in [3.8, 4) is 0 Å². The van der Waals surface area contributed by atoms with Crippen LogP contribution < -0.4 is 0 Å². The summed E-state index contributed by atoms with van der Waals surface area (Å²) in [5.41, 5.74) is 0. The number of ether oxygens (including phenoxy) is 1. The average Bonchev–Trinajstić information content (AvgIpc) is 2.59. The van der Waals surface area contributed by atoms with Gasteiger partial charge in [0.15, 0.2) is 5.02 Å². The van der Waals surface area contributed by atoms with Crippen LogP contribution in [0.5, 0.6) is 0 Å². The number of nitro groups is 1. The number of halogens is 1. The van der Waals surface area contributed by atoms with E-state index in [-0.39, 0.29) is 10.8 Å². The summed E-state index contributed by atoms with van der Waals surface area (Å²) < 4.78 is 6.74. The summed E-state index contributed by atoms with van der Waals surface area (Å²) in [4.78, 5) is 9.86. The minimum Gasteiger partial charge on any atom is -0.379 e. The molecular weight excluding hydrogens is 234 g/mol. The fourth-order valence-corrected chi connectivity index (χ4v) is 1.35. The van der Waals surface area contributed by atoms with Crippen LogP contribution in [-0.4, -0.2) is 27.9 Å². The fraction of sp³-hybridized carbons (Fsp3) is 0.667. The molecule has 1 heterocycles. The highest BCUT2D eigenvalue weighted by molar-refractivity contribution is 6.32. The predicted molar refractivity (Wildman–Crippen MR) is 59.6 cm³/mol.